The Kier molecular flexibility index (Phi) is 4.74. The second-order valence-corrected chi connectivity index (χ2v) is 4.33. The van der Waals surface area contributed by atoms with E-state index in [0.29, 0.717) is 12.5 Å². The molecule has 2 nitrogen and oxygen atoms in total. The minimum atomic E-state index is 0.341. The van der Waals surface area contributed by atoms with Gasteiger partial charge in [-0.25, -0.2) is 0 Å². The number of hydrogen-bond donors (Lipinski definition) is 1. The Morgan fingerprint density at radius 3 is 2.46 bits per heavy atom. The summed E-state index contributed by atoms with van der Waals surface area (Å²) in [5.74, 6) is 0.477. The SMILES string of the molecule is CCC(CO)CN(C)C1CCCC1. The lowest BCUT2D eigenvalue weighted by molar-refractivity contribution is 0.150. The van der Waals surface area contributed by atoms with E-state index < -0.39 is 0 Å². The predicted molar refractivity (Wildman–Crippen MR) is 55.8 cm³/mol. The maximum absolute atomic E-state index is 9.09. The maximum atomic E-state index is 9.09. The molecule has 0 radical (unpaired) electrons. The Bertz CT molecular complexity index is 128. The van der Waals surface area contributed by atoms with Crippen molar-refractivity contribution < 1.29 is 5.11 Å². The van der Waals surface area contributed by atoms with E-state index in [4.69, 9.17) is 5.11 Å². The smallest absolute Gasteiger partial charge is 0.0471 e. The molecule has 0 bridgehead atoms. The zero-order chi connectivity index (χ0) is 9.68. The summed E-state index contributed by atoms with van der Waals surface area (Å²) in [4.78, 5) is 2.44. The summed E-state index contributed by atoms with van der Waals surface area (Å²) in [5.41, 5.74) is 0. The molecule has 1 atom stereocenters. The fourth-order valence-corrected chi connectivity index (χ4v) is 2.22. The standard InChI is InChI=1S/C11H23NO/c1-3-10(9-13)8-12(2)11-6-4-5-7-11/h10-11,13H,3-9H2,1-2H3. The Hall–Kier alpha value is -0.0800. The van der Waals surface area contributed by atoms with Crippen molar-refractivity contribution in [3.63, 3.8) is 0 Å². The van der Waals surface area contributed by atoms with E-state index in [-0.39, 0.29) is 0 Å². The molecule has 13 heavy (non-hydrogen) atoms. The fourth-order valence-electron chi connectivity index (χ4n) is 2.22. The van der Waals surface area contributed by atoms with Gasteiger partial charge in [-0.1, -0.05) is 19.8 Å². The van der Waals surface area contributed by atoms with E-state index in [1.54, 1.807) is 0 Å². The third-order valence-electron chi connectivity index (χ3n) is 3.33. The molecule has 0 amide bonds. The molecule has 1 aliphatic rings. The first kappa shape index (κ1) is 11.0. The topological polar surface area (TPSA) is 23.5 Å². The second kappa shape index (κ2) is 5.61. The van der Waals surface area contributed by atoms with Crippen molar-refractivity contribution >= 4 is 0 Å². The zero-order valence-electron chi connectivity index (χ0n) is 9.00. The molecule has 1 aliphatic carbocycles. The van der Waals surface area contributed by atoms with Crippen LogP contribution >= 0.6 is 0 Å². The Morgan fingerprint density at radius 1 is 1.38 bits per heavy atom. The average molecular weight is 185 g/mol. The predicted octanol–water partition coefficient (Wildman–Crippen LogP) is 1.88. The third-order valence-corrected chi connectivity index (χ3v) is 3.33. The van der Waals surface area contributed by atoms with Crippen molar-refractivity contribution in [2.24, 2.45) is 5.92 Å². The number of aliphatic hydroxyl groups is 1. The minimum Gasteiger partial charge on any atom is -0.396 e. The largest absolute Gasteiger partial charge is 0.396 e. The molecule has 0 heterocycles. The normalized spacial score (nSPS) is 21.2. The number of aliphatic hydroxyl groups excluding tert-OH is 1. The van der Waals surface area contributed by atoms with E-state index in [1.165, 1.54) is 25.7 Å². The van der Waals surface area contributed by atoms with Crippen LogP contribution in [-0.2, 0) is 0 Å². The second-order valence-electron chi connectivity index (χ2n) is 4.33. The third kappa shape index (κ3) is 3.28. The Morgan fingerprint density at radius 2 is 2.00 bits per heavy atom. The van der Waals surface area contributed by atoms with Crippen molar-refractivity contribution in [2.45, 2.75) is 45.1 Å². The molecule has 1 rings (SSSR count). The molecule has 78 valence electrons. The summed E-state index contributed by atoms with van der Waals surface area (Å²) in [7, 11) is 2.20. The lowest BCUT2D eigenvalue weighted by Gasteiger charge is -2.27. The van der Waals surface area contributed by atoms with E-state index in [0.717, 1.165) is 19.0 Å². The van der Waals surface area contributed by atoms with Crippen LogP contribution in [0.25, 0.3) is 0 Å². The van der Waals surface area contributed by atoms with Crippen LogP contribution in [0.4, 0.5) is 0 Å². The van der Waals surface area contributed by atoms with Gasteiger partial charge in [0.25, 0.3) is 0 Å². The van der Waals surface area contributed by atoms with Crippen LogP contribution in [0.5, 0.6) is 0 Å². The van der Waals surface area contributed by atoms with Gasteiger partial charge in [-0.3, -0.25) is 0 Å². The highest BCUT2D eigenvalue weighted by atomic mass is 16.3. The van der Waals surface area contributed by atoms with Gasteiger partial charge in [-0.05, 0) is 32.2 Å². The van der Waals surface area contributed by atoms with Crippen molar-refractivity contribution in [3.8, 4) is 0 Å². The molecule has 0 aliphatic heterocycles. The van der Waals surface area contributed by atoms with Gasteiger partial charge in [-0.15, -0.1) is 0 Å². The molecule has 1 fully saturated rings. The number of hydrogen-bond acceptors (Lipinski definition) is 2. The number of rotatable bonds is 5. The lowest BCUT2D eigenvalue weighted by Crippen LogP contribution is -2.34. The van der Waals surface area contributed by atoms with Crippen LogP contribution in [0.2, 0.25) is 0 Å². The first-order chi connectivity index (χ1) is 6.27. The highest BCUT2D eigenvalue weighted by molar-refractivity contribution is 4.76. The lowest BCUT2D eigenvalue weighted by atomic mass is 10.1. The molecule has 0 aromatic rings. The van der Waals surface area contributed by atoms with Crippen molar-refractivity contribution in [1.29, 1.82) is 0 Å². The molecular formula is C11H23NO. The van der Waals surface area contributed by atoms with Crippen molar-refractivity contribution in [2.75, 3.05) is 20.2 Å². The molecule has 1 N–H and O–H groups in total. The Labute approximate surface area is 81.9 Å². The van der Waals surface area contributed by atoms with Crippen LogP contribution in [0.15, 0.2) is 0 Å². The zero-order valence-corrected chi connectivity index (χ0v) is 9.00. The van der Waals surface area contributed by atoms with Crippen molar-refractivity contribution in [3.05, 3.63) is 0 Å². The van der Waals surface area contributed by atoms with Crippen LogP contribution in [0.3, 0.4) is 0 Å². The maximum Gasteiger partial charge on any atom is 0.0471 e. The molecule has 1 saturated carbocycles. The highest BCUT2D eigenvalue weighted by Crippen LogP contribution is 2.23. The van der Waals surface area contributed by atoms with Gasteiger partial charge in [0.15, 0.2) is 0 Å². The molecule has 0 aromatic heterocycles. The summed E-state index contributed by atoms with van der Waals surface area (Å²) < 4.78 is 0. The summed E-state index contributed by atoms with van der Waals surface area (Å²) in [6, 6.07) is 0.792. The molecule has 0 aromatic carbocycles. The molecule has 0 saturated heterocycles. The monoisotopic (exact) mass is 185 g/mol. The van der Waals surface area contributed by atoms with E-state index in [9.17, 15) is 0 Å². The van der Waals surface area contributed by atoms with Gasteiger partial charge < -0.3 is 10.0 Å². The molecular weight excluding hydrogens is 162 g/mol. The molecule has 0 spiro atoms. The first-order valence-electron chi connectivity index (χ1n) is 5.59. The van der Waals surface area contributed by atoms with E-state index in [2.05, 4.69) is 18.9 Å². The van der Waals surface area contributed by atoms with Gasteiger partial charge in [0.05, 0.1) is 0 Å². The van der Waals surface area contributed by atoms with Crippen molar-refractivity contribution in [1.82, 2.24) is 4.90 Å². The van der Waals surface area contributed by atoms with Crippen LogP contribution in [-0.4, -0.2) is 36.2 Å². The van der Waals surface area contributed by atoms with Gasteiger partial charge in [0.1, 0.15) is 0 Å². The van der Waals surface area contributed by atoms with Gasteiger partial charge >= 0.3 is 0 Å². The van der Waals surface area contributed by atoms with Crippen LogP contribution in [0, 0.1) is 5.92 Å². The van der Waals surface area contributed by atoms with Gasteiger partial charge in [-0.2, -0.15) is 0 Å². The van der Waals surface area contributed by atoms with Gasteiger partial charge in [0.2, 0.25) is 0 Å². The first-order valence-corrected chi connectivity index (χ1v) is 5.59. The molecule has 2 heteroatoms. The summed E-state index contributed by atoms with van der Waals surface area (Å²) in [5, 5.41) is 9.09. The van der Waals surface area contributed by atoms with Gasteiger partial charge in [0, 0.05) is 19.2 Å². The summed E-state index contributed by atoms with van der Waals surface area (Å²) in [6.07, 6.45) is 6.60. The highest BCUT2D eigenvalue weighted by Gasteiger charge is 2.20. The van der Waals surface area contributed by atoms with Crippen LogP contribution in [0.1, 0.15) is 39.0 Å². The fraction of sp³-hybridized carbons (Fsp3) is 1.00. The van der Waals surface area contributed by atoms with Crippen LogP contribution < -0.4 is 0 Å². The summed E-state index contributed by atoms with van der Waals surface area (Å²) in [6.45, 7) is 3.56. The van der Waals surface area contributed by atoms with E-state index in [1.807, 2.05) is 0 Å². The quantitative estimate of drug-likeness (QED) is 0.707. The Balaban J connectivity index is 2.25. The summed E-state index contributed by atoms with van der Waals surface area (Å²) >= 11 is 0. The minimum absolute atomic E-state index is 0.341. The van der Waals surface area contributed by atoms with E-state index >= 15 is 0 Å². The number of nitrogens with zero attached hydrogens (tertiary/aromatic N) is 1. The molecule has 1 unspecified atom stereocenters. The average Bonchev–Trinajstić information content (AvgIpc) is 2.66.